The van der Waals surface area contributed by atoms with Gasteiger partial charge < -0.3 is 25.4 Å². The van der Waals surface area contributed by atoms with Crippen molar-refractivity contribution in [3.63, 3.8) is 0 Å². The van der Waals surface area contributed by atoms with Crippen molar-refractivity contribution in [3.8, 4) is 0 Å². The molecule has 1 atom stereocenters. The maximum atomic E-state index is 14.7. The van der Waals surface area contributed by atoms with E-state index in [2.05, 4.69) is 26.6 Å². The highest BCUT2D eigenvalue weighted by molar-refractivity contribution is 9.10. The second kappa shape index (κ2) is 9.72. The van der Waals surface area contributed by atoms with Gasteiger partial charge in [0.15, 0.2) is 0 Å². The molecule has 0 aliphatic carbocycles. The number of rotatable bonds is 6. The second-order valence-corrected chi connectivity index (χ2v) is 8.84. The molecule has 2 aliphatic rings. The normalized spacial score (nSPS) is 20.8. The zero-order chi connectivity index (χ0) is 23.6. The standard InChI is InChI=1S/C22H23BrF2N4O4/c23-14-5-6-18-15(13-14)22(32,20(30)26-7-2-8-28-9-11-33-12-10-28)29(21(31)27-18)19-16(24)3-1-4-17(19)25/h1,3-6,13,32H,2,7-12H2,(H,26,30)(H,27,31)/p+1. The Morgan fingerprint density at radius 2 is 1.94 bits per heavy atom. The Kier molecular flexibility index (Phi) is 6.94. The number of nitrogens with zero attached hydrogens (tertiary/aromatic N) is 1. The van der Waals surface area contributed by atoms with Gasteiger partial charge in [-0.25, -0.2) is 18.5 Å². The number of quaternary nitrogens is 1. The third kappa shape index (κ3) is 4.58. The molecule has 0 aromatic heterocycles. The van der Waals surface area contributed by atoms with Crippen molar-refractivity contribution in [3.05, 3.63) is 58.1 Å². The number of morpholine rings is 1. The minimum atomic E-state index is -2.68. The van der Waals surface area contributed by atoms with Crippen LogP contribution in [-0.4, -0.2) is 56.4 Å². The summed E-state index contributed by atoms with van der Waals surface area (Å²) in [5, 5.41) is 16.8. The maximum absolute atomic E-state index is 14.7. The predicted octanol–water partition coefficient (Wildman–Crippen LogP) is 1.35. The lowest BCUT2D eigenvalue weighted by Crippen LogP contribution is -3.14. The predicted molar refractivity (Wildman–Crippen MR) is 120 cm³/mol. The minimum absolute atomic E-state index is 0.0181. The number of carbonyl (C=O) groups is 2. The number of urea groups is 1. The quantitative estimate of drug-likeness (QED) is 0.428. The lowest BCUT2D eigenvalue weighted by molar-refractivity contribution is -0.908. The Bertz CT molecular complexity index is 1050. The van der Waals surface area contributed by atoms with Crippen LogP contribution < -0.4 is 20.4 Å². The van der Waals surface area contributed by atoms with Crippen LogP contribution in [-0.2, 0) is 15.3 Å². The Hall–Kier alpha value is -2.60. The van der Waals surface area contributed by atoms with E-state index in [4.69, 9.17) is 4.74 Å². The number of anilines is 2. The number of hydrogen-bond donors (Lipinski definition) is 4. The Morgan fingerprint density at radius 1 is 1.24 bits per heavy atom. The summed E-state index contributed by atoms with van der Waals surface area (Å²) >= 11 is 3.28. The van der Waals surface area contributed by atoms with Gasteiger partial charge in [0.1, 0.15) is 30.4 Å². The van der Waals surface area contributed by atoms with Crippen LogP contribution in [0.15, 0.2) is 40.9 Å². The summed E-state index contributed by atoms with van der Waals surface area (Å²) in [7, 11) is 0. The van der Waals surface area contributed by atoms with Gasteiger partial charge in [-0.15, -0.1) is 0 Å². The molecule has 0 saturated carbocycles. The highest BCUT2D eigenvalue weighted by atomic mass is 79.9. The lowest BCUT2D eigenvalue weighted by Gasteiger charge is -2.42. The zero-order valence-corrected chi connectivity index (χ0v) is 19.3. The molecule has 2 aliphatic heterocycles. The molecule has 1 unspecified atom stereocenters. The number of para-hydroxylation sites is 1. The molecular formula is C22H24BrF2N4O4+. The van der Waals surface area contributed by atoms with Gasteiger partial charge >= 0.3 is 6.03 Å². The number of fused-ring (bicyclic) bond motifs is 1. The molecule has 1 fully saturated rings. The highest BCUT2D eigenvalue weighted by Gasteiger charge is 2.53. The number of ether oxygens (including phenoxy) is 1. The minimum Gasteiger partial charge on any atom is -0.370 e. The first kappa shape index (κ1) is 23.6. The molecule has 33 heavy (non-hydrogen) atoms. The van der Waals surface area contributed by atoms with E-state index in [1.165, 1.54) is 17.0 Å². The SMILES string of the molecule is O=C1Nc2ccc(Br)cc2C(O)(C(=O)NCCC[NH+]2CCOCC2)N1c1c(F)cccc1F. The third-order valence-corrected chi connectivity index (χ3v) is 6.29. The molecule has 2 aromatic rings. The van der Waals surface area contributed by atoms with Gasteiger partial charge in [-0.1, -0.05) is 22.0 Å². The van der Waals surface area contributed by atoms with Crippen LogP contribution in [0, 0.1) is 11.6 Å². The number of carbonyl (C=O) groups excluding carboxylic acids is 2. The van der Waals surface area contributed by atoms with Crippen molar-refractivity contribution < 1.29 is 33.1 Å². The average Bonchev–Trinajstić information content (AvgIpc) is 2.79. The fourth-order valence-corrected chi connectivity index (χ4v) is 4.48. The fourth-order valence-electron chi connectivity index (χ4n) is 4.12. The number of benzene rings is 2. The van der Waals surface area contributed by atoms with Crippen molar-refractivity contribution in [1.82, 2.24) is 5.32 Å². The highest BCUT2D eigenvalue weighted by Crippen LogP contribution is 2.42. The summed E-state index contributed by atoms with van der Waals surface area (Å²) in [6.45, 7) is 4.12. The number of nitrogens with one attached hydrogen (secondary N) is 3. The topological polar surface area (TPSA) is 95.3 Å². The van der Waals surface area contributed by atoms with Crippen LogP contribution in [0.1, 0.15) is 12.0 Å². The van der Waals surface area contributed by atoms with Gasteiger partial charge in [0.05, 0.1) is 25.4 Å². The van der Waals surface area contributed by atoms with Crippen molar-refractivity contribution in [2.45, 2.75) is 12.1 Å². The average molecular weight is 526 g/mol. The maximum Gasteiger partial charge on any atom is 0.329 e. The van der Waals surface area contributed by atoms with E-state index >= 15 is 0 Å². The number of aliphatic hydroxyl groups is 1. The van der Waals surface area contributed by atoms with E-state index in [0.717, 1.165) is 37.8 Å². The van der Waals surface area contributed by atoms with Crippen LogP contribution >= 0.6 is 15.9 Å². The number of hydrogen-bond acceptors (Lipinski definition) is 4. The first-order chi connectivity index (χ1) is 15.8. The molecule has 3 amide bonds. The van der Waals surface area contributed by atoms with Crippen LogP contribution in [0.5, 0.6) is 0 Å². The monoisotopic (exact) mass is 525 g/mol. The second-order valence-electron chi connectivity index (χ2n) is 7.92. The van der Waals surface area contributed by atoms with Crippen LogP contribution in [0.3, 0.4) is 0 Å². The summed E-state index contributed by atoms with van der Waals surface area (Å²) in [6, 6.07) is 6.53. The Balaban J connectivity index is 1.65. The van der Waals surface area contributed by atoms with E-state index in [1.807, 2.05) is 0 Å². The van der Waals surface area contributed by atoms with Gasteiger partial charge in [0, 0.05) is 23.0 Å². The van der Waals surface area contributed by atoms with E-state index < -0.39 is 35.0 Å². The smallest absolute Gasteiger partial charge is 0.329 e. The molecular weight excluding hydrogens is 502 g/mol. The van der Waals surface area contributed by atoms with Gasteiger partial charge in [0.25, 0.3) is 11.6 Å². The molecule has 8 nitrogen and oxygen atoms in total. The third-order valence-electron chi connectivity index (χ3n) is 5.80. The summed E-state index contributed by atoms with van der Waals surface area (Å²) in [4.78, 5) is 28.0. The van der Waals surface area contributed by atoms with Crippen LogP contribution in [0.4, 0.5) is 25.0 Å². The molecule has 2 aromatic carbocycles. The zero-order valence-electron chi connectivity index (χ0n) is 17.7. The van der Waals surface area contributed by atoms with Gasteiger partial charge in [0.2, 0.25) is 0 Å². The van der Waals surface area contributed by atoms with Crippen molar-refractivity contribution in [1.29, 1.82) is 0 Å². The van der Waals surface area contributed by atoms with E-state index in [-0.39, 0.29) is 17.8 Å². The molecule has 1 saturated heterocycles. The molecule has 2 heterocycles. The van der Waals surface area contributed by atoms with Crippen molar-refractivity contribution in [2.75, 3.05) is 49.6 Å². The van der Waals surface area contributed by atoms with Crippen LogP contribution in [0.25, 0.3) is 0 Å². The van der Waals surface area contributed by atoms with E-state index in [0.29, 0.717) is 29.0 Å². The van der Waals surface area contributed by atoms with Crippen molar-refractivity contribution in [2.24, 2.45) is 0 Å². The molecule has 4 rings (SSSR count). The van der Waals surface area contributed by atoms with Gasteiger partial charge in [-0.05, 0) is 30.3 Å². The molecule has 0 spiro atoms. The summed E-state index contributed by atoms with van der Waals surface area (Å²) in [6.07, 6.45) is 0.614. The first-order valence-corrected chi connectivity index (χ1v) is 11.4. The van der Waals surface area contributed by atoms with E-state index in [1.54, 1.807) is 6.07 Å². The summed E-state index contributed by atoms with van der Waals surface area (Å²) in [5.74, 6) is -3.15. The molecule has 0 radical (unpaired) electrons. The Labute approximate surface area is 197 Å². The van der Waals surface area contributed by atoms with Crippen LogP contribution in [0.2, 0.25) is 0 Å². The first-order valence-electron chi connectivity index (χ1n) is 10.6. The summed E-state index contributed by atoms with van der Waals surface area (Å²) < 4.78 is 35.2. The van der Waals surface area contributed by atoms with E-state index in [9.17, 15) is 23.5 Å². The van der Waals surface area contributed by atoms with Gasteiger partial charge in [-0.2, -0.15) is 0 Å². The summed E-state index contributed by atoms with van der Waals surface area (Å²) in [5.41, 5.74) is -3.37. The molecule has 11 heteroatoms. The Morgan fingerprint density at radius 3 is 2.64 bits per heavy atom. The van der Waals surface area contributed by atoms with Gasteiger partial charge in [-0.3, -0.25) is 4.79 Å². The molecule has 4 N–H and O–H groups in total. The van der Waals surface area contributed by atoms with Crippen molar-refractivity contribution >= 4 is 39.2 Å². The lowest BCUT2D eigenvalue weighted by atomic mass is 9.94. The molecule has 176 valence electrons. The fraction of sp³-hybridized carbons (Fsp3) is 0.364. The molecule has 0 bridgehead atoms. The number of amides is 3. The largest absolute Gasteiger partial charge is 0.370 e. The number of halogens is 3.